The summed E-state index contributed by atoms with van der Waals surface area (Å²) in [4.78, 5) is 39.2. The van der Waals surface area contributed by atoms with Crippen molar-refractivity contribution >= 4 is 29.7 Å². The minimum absolute atomic E-state index is 0.141. The summed E-state index contributed by atoms with van der Waals surface area (Å²) >= 11 is 1.47. The molecule has 0 aliphatic carbocycles. The van der Waals surface area contributed by atoms with Crippen LogP contribution in [0.15, 0.2) is 34.9 Å². The van der Waals surface area contributed by atoms with Gasteiger partial charge >= 0.3 is 12.0 Å². The van der Waals surface area contributed by atoms with Gasteiger partial charge in [-0.25, -0.2) is 9.59 Å². The first-order valence-electron chi connectivity index (χ1n) is 13.7. The maximum atomic E-state index is 13.0. The molecule has 38 heavy (non-hydrogen) atoms. The highest BCUT2D eigenvalue weighted by Crippen LogP contribution is 2.14. The normalized spacial score (nSPS) is 16.8. The van der Waals surface area contributed by atoms with Crippen LogP contribution in [0, 0.1) is 5.92 Å². The van der Waals surface area contributed by atoms with Gasteiger partial charge in [-0.3, -0.25) is 4.79 Å². The number of thioether (sulfide) groups is 1. The first kappa shape index (κ1) is 33.8. The second-order valence-electron chi connectivity index (χ2n) is 10.3. The number of hydrogen-bond acceptors (Lipinski definition) is 5. The van der Waals surface area contributed by atoms with E-state index in [1.807, 2.05) is 13.8 Å². The number of ether oxygens (including phenoxy) is 1. The third-order valence-corrected chi connectivity index (χ3v) is 7.62. The third-order valence-electron chi connectivity index (χ3n) is 6.64. The minimum atomic E-state index is -1.08. The Hall–Kier alpha value is -2.26. The molecular weight excluding hydrogens is 502 g/mol. The van der Waals surface area contributed by atoms with Gasteiger partial charge in [0.25, 0.3) is 0 Å². The van der Waals surface area contributed by atoms with E-state index in [1.165, 1.54) is 28.5 Å². The largest absolute Gasteiger partial charge is 0.480 e. The topological polar surface area (TPSA) is 108 Å². The smallest absolute Gasteiger partial charge is 0.327 e. The zero-order valence-electron chi connectivity index (χ0n) is 24.2. The quantitative estimate of drug-likeness (QED) is 0.181. The lowest BCUT2D eigenvalue weighted by Crippen LogP contribution is -2.57. The monoisotopic (exact) mass is 551 g/mol. The van der Waals surface area contributed by atoms with Crippen molar-refractivity contribution in [2.24, 2.45) is 5.92 Å². The summed E-state index contributed by atoms with van der Waals surface area (Å²) < 4.78 is 5.28. The molecular formula is C29H49N3O5S. The number of urea groups is 1. The van der Waals surface area contributed by atoms with E-state index in [4.69, 9.17) is 4.74 Å². The molecule has 1 heterocycles. The fourth-order valence-corrected chi connectivity index (χ4v) is 4.85. The zero-order chi connectivity index (χ0) is 28.5. The van der Waals surface area contributed by atoms with Crippen molar-refractivity contribution in [2.45, 2.75) is 85.7 Å². The van der Waals surface area contributed by atoms with Gasteiger partial charge in [-0.2, -0.15) is 11.8 Å². The molecule has 0 aromatic carbocycles. The number of nitrogens with zero attached hydrogens (tertiary/aromatic N) is 1. The molecule has 0 bridgehead atoms. The number of morpholine rings is 1. The molecule has 216 valence electrons. The Balaban J connectivity index is 2.55. The molecule has 0 aromatic rings. The van der Waals surface area contributed by atoms with Gasteiger partial charge < -0.3 is 25.4 Å². The predicted octanol–water partition coefficient (Wildman–Crippen LogP) is 5.16. The summed E-state index contributed by atoms with van der Waals surface area (Å²) in [6, 6.07) is -2.16. The third kappa shape index (κ3) is 14.0. The van der Waals surface area contributed by atoms with E-state index >= 15 is 0 Å². The first-order valence-corrected chi connectivity index (χ1v) is 14.9. The van der Waals surface area contributed by atoms with Crippen molar-refractivity contribution in [3.05, 3.63) is 34.9 Å². The molecule has 1 aliphatic rings. The highest BCUT2D eigenvalue weighted by Gasteiger charge is 2.31. The number of hydrogen-bond donors (Lipinski definition) is 3. The summed E-state index contributed by atoms with van der Waals surface area (Å²) in [5.41, 5.74) is 4.02. The standard InChI is InChI=1S/C29H49N3O5S/c1-7-24(6)26(31-29(36)32-15-17-37-18-16-32)27(33)30-25(28(34)35)20-38-19-14-23(5)13-9-12-22(4)11-8-10-21(2)3/h10,12,14,24-26H,7-9,11,13,15-20H2,1-6H3,(H,30,33)(H,31,36)(H,34,35)/b22-12+,23-14+/t24-,25-,26-/m0/s1. The predicted molar refractivity (Wildman–Crippen MR) is 156 cm³/mol. The molecule has 0 spiro atoms. The van der Waals surface area contributed by atoms with Crippen molar-refractivity contribution in [1.29, 1.82) is 0 Å². The number of carbonyl (C=O) groups excluding carboxylic acids is 2. The van der Waals surface area contributed by atoms with Crippen LogP contribution in [0.25, 0.3) is 0 Å². The molecule has 0 unspecified atom stereocenters. The molecule has 3 amide bonds. The van der Waals surface area contributed by atoms with Gasteiger partial charge in [0.1, 0.15) is 12.1 Å². The van der Waals surface area contributed by atoms with Crippen LogP contribution in [0.4, 0.5) is 4.79 Å². The second-order valence-corrected chi connectivity index (χ2v) is 11.4. The maximum Gasteiger partial charge on any atom is 0.327 e. The Morgan fingerprint density at radius 2 is 1.58 bits per heavy atom. The lowest BCUT2D eigenvalue weighted by molar-refractivity contribution is -0.141. The fraction of sp³-hybridized carbons (Fsp3) is 0.690. The molecule has 0 aromatic heterocycles. The average molecular weight is 552 g/mol. The van der Waals surface area contributed by atoms with Gasteiger partial charge in [0, 0.05) is 24.6 Å². The molecule has 8 nitrogen and oxygen atoms in total. The van der Waals surface area contributed by atoms with Gasteiger partial charge in [0.05, 0.1) is 13.2 Å². The molecule has 1 rings (SSSR count). The Bertz CT molecular complexity index is 845. The summed E-state index contributed by atoms with van der Waals surface area (Å²) in [7, 11) is 0. The Labute approximate surface area is 233 Å². The van der Waals surface area contributed by atoms with Crippen LogP contribution >= 0.6 is 11.8 Å². The average Bonchev–Trinajstić information content (AvgIpc) is 2.88. The SMILES string of the molecule is CC[C@H](C)[C@H](NC(=O)N1CCOCC1)C(=O)N[C@@H](CSC/C=C(\C)CC/C=C(\C)CCC=C(C)C)C(=O)O. The molecule has 1 aliphatic heterocycles. The van der Waals surface area contributed by atoms with Crippen molar-refractivity contribution < 1.29 is 24.2 Å². The summed E-state index contributed by atoms with van der Waals surface area (Å²) in [6.07, 6.45) is 11.5. The van der Waals surface area contributed by atoms with Crippen LogP contribution < -0.4 is 10.6 Å². The van der Waals surface area contributed by atoms with Gasteiger partial charge in [-0.05, 0) is 59.3 Å². The van der Waals surface area contributed by atoms with Gasteiger partial charge in [0.15, 0.2) is 0 Å². The number of carboxylic acid groups (broad SMARTS) is 1. The highest BCUT2D eigenvalue weighted by atomic mass is 32.2. The van der Waals surface area contributed by atoms with Gasteiger partial charge in [-0.1, -0.05) is 55.2 Å². The van der Waals surface area contributed by atoms with E-state index in [9.17, 15) is 19.5 Å². The number of nitrogens with one attached hydrogen (secondary N) is 2. The molecule has 0 radical (unpaired) electrons. The molecule has 0 saturated carbocycles. The Morgan fingerprint density at radius 3 is 2.16 bits per heavy atom. The number of amides is 3. The molecule has 3 atom stereocenters. The number of aliphatic carboxylic acids is 1. The fourth-order valence-electron chi connectivity index (χ4n) is 3.85. The van der Waals surface area contributed by atoms with Crippen molar-refractivity contribution in [2.75, 3.05) is 37.8 Å². The maximum absolute atomic E-state index is 13.0. The van der Waals surface area contributed by atoms with Crippen LogP contribution in [0.5, 0.6) is 0 Å². The van der Waals surface area contributed by atoms with Crippen molar-refractivity contribution in [1.82, 2.24) is 15.5 Å². The van der Waals surface area contributed by atoms with Crippen LogP contribution in [-0.4, -0.2) is 77.8 Å². The van der Waals surface area contributed by atoms with Crippen LogP contribution in [0.2, 0.25) is 0 Å². The zero-order valence-corrected chi connectivity index (χ0v) is 25.0. The lowest BCUT2D eigenvalue weighted by Gasteiger charge is -2.31. The van der Waals surface area contributed by atoms with E-state index in [-0.39, 0.29) is 17.7 Å². The van der Waals surface area contributed by atoms with Gasteiger partial charge in [0.2, 0.25) is 5.91 Å². The van der Waals surface area contributed by atoms with Crippen molar-refractivity contribution in [3.8, 4) is 0 Å². The first-order chi connectivity index (χ1) is 18.0. The van der Waals surface area contributed by atoms with Crippen LogP contribution in [0.1, 0.15) is 73.6 Å². The number of carbonyl (C=O) groups is 3. The molecule has 9 heteroatoms. The van der Waals surface area contributed by atoms with E-state index in [2.05, 4.69) is 56.6 Å². The number of rotatable bonds is 16. The van der Waals surface area contributed by atoms with E-state index in [0.29, 0.717) is 38.5 Å². The summed E-state index contributed by atoms with van der Waals surface area (Å²) in [5.74, 6) is -0.761. The van der Waals surface area contributed by atoms with Crippen LogP contribution in [-0.2, 0) is 14.3 Å². The Morgan fingerprint density at radius 1 is 0.974 bits per heavy atom. The second kappa shape index (κ2) is 18.9. The minimum Gasteiger partial charge on any atom is -0.480 e. The molecule has 1 saturated heterocycles. The lowest BCUT2D eigenvalue weighted by atomic mass is 9.98. The number of carboxylic acids is 1. The Kier molecular flexibility index (Phi) is 16.8. The molecule has 1 fully saturated rings. The van der Waals surface area contributed by atoms with Crippen LogP contribution in [0.3, 0.4) is 0 Å². The van der Waals surface area contributed by atoms with E-state index in [1.54, 1.807) is 4.90 Å². The van der Waals surface area contributed by atoms with E-state index < -0.39 is 24.0 Å². The van der Waals surface area contributed by atoms with E-state index in [0.717, 1.165) is 25.7 Å². The van der Waals surface area contributed by atoms with Gasteiger partial charge in [-0.15, -0.1) is 0 Å². The summed E-state index contributed by atoms with van der Waals surface area (Å²) in [5, 5.41) is 15.1. The highest BCUT2D eigenvalue weighted by molar-refractivity contribution is 7.99. The molecule has 3 N–H and O–H groups in total. The summed E-state index contributed by atoms with van der Waals surface area (Å²) in [6.45, 7) is 14.2. The number of allylic oxidation sites excluding steroid dienone is 5. The van der Waals surface area contributed by atoms with Crippen molar-refractivity contribution in [3.63, 3.8) is 0 Å².